The first-order chi connectivity index (χ1) is 11.2. The molecule has 4 rings (SSSR count). The smallest absolute Gasteiger partial charge is 0.282 e. The van der Waals surface area contributed by atoms with Crippen molar-refractivity contribution < 1.29 is 0 Å². The van der Waals surface area contributed by atoms with E-state index in [-0.39, 0.29) is 22.5 Å². The molecule has 4 aromatic rings. The summed E-state index contributed by atoms with van der Waals surface area (Å²) in [5.74, 6) is 0. The second-order valence-electron chi connectivity index (χ2n) is 4.87. The lowest BCUT2D eigenvalue weighted by molar-refractivity contribution is 0.899. The van der Waals surface area contributed by atoms with E-state index in [1.807, 2.05) is 6.07 Å². The average molecular weight is 304 g/mol. The summed E-state index contributed by atoms with van der Waals surface area (Å²) >= 11 is 0. The van der Waals surface area contributed by atoms with Gasteiger partial charge in [-0.05, 0) is 12.1 Å². The molecule has 0 aliphatic heterocycles. The van der Waals surface area contributed by atoms with Gasteiger partial charge in [-0.2, -0.15) is 9.78 Å². The number of nitrogens with one attached hydrogen (secondary N) is 2. The minimum Gasteiger partial charge on any atom is -0.319 e. The molecule has 0 atom stereocenters. The average Bonchev–Trinajstić information content (AvgIpc) is 2.99. The number of hydrogen-bond donors (Lipinski definition) is 2. The van der Waals surface area contributed by atoms with Crippen molar-refractivity contribution in [3.05, 3.63) is 62.9 Å². The molecule has 0 saturated carbocycles. The summed E-state index contributed by atoms with van der Waals surface area (Å²) in [5, 5.41) is 11.6. The number of aromatic nitrogens is 5. The van der Waals surface area contributed by atoms with Gasteiger partial charge in [0.15, 0.2) is 5.65 Å². The summed E-state index contributed by atoms with van der Waals surface area (Å²) in [4.78, 5) is 35.8. The van der Waals surface area contributed by atoms with Crippen molar-refractivity contribution in [1.29, 1.82) is 5.26 Å². The predicted octanol–water partition coefficient (Wildman–Crippen LogP) is 0.798. The van der Waals surface area contributed by atoms with Crippen LogP contribution in [0, 0.1) is 11.3 Å². The second kappa shape index (κ2) is 4.64. The molecule has 0 radical (unpaired) electrons. The van der Waals surface area contributed by atoms with E-state index in [4.69, 9.17) is 5.26 Å². The maximum absolute atomic E-state index is 12.5. The van der Waals surface area contributed by atoms with Crippen LogP contribution in [0.2, 0.25) is 0 Å². The maximum Gasteiger partial charge on any atom is 0.282 e. The van der Waals surface area contributed by atoms with Gasteiger partial charge in [-0.1, -0.05) is 12.1 Å². The van der Waals surface area contributed by atoms with Gasteiger partial charge in [0.25, 0.3) is 11.1 Å². The third-order valence-corrected chi connectivity index (χ3v) is 3.52. The summed E-state index contributed by atoms with van der Waals surface area (Å²) in [6, 6.07) is 8.97. The Balaban J connectivity index is 2.05. The first-order valence-corrected chi connectivity index (χ1v) is 6.68. The van der Waals surface area contributed by atoms with Crippen molar-refractivity contribution in [2.75, 3.05) is 0 Å². The van der Waals surface area contributed by atoms with Gasteiger partial charge in [0.1, 0.15) is 17.3 Å². The fraction of sp³-hybridized carbons (Fsp3) is 0. The van der Waals surface area contributed by atoms with E-state index in [0.29, 0.717) is 11.0 Å². The molecule has 0 saturated heterocycles. The van der Waals surface area contributed by atoms with Gasteiger partial charge in [-0.25, -0.2) is 9.97 Å². The van der Waals surface area contributed by atoms with Crippen molar-refractivity contribution in [1.82, 2.24) is 24.6 Å². The van der Waals surface area contributed by atoms with Gasteiger partial charge in [-0.3, -0.25) is 14.7 Å². The highest BCUT2D eigenvalue weighted by atomic mass is 16.1. The van der Waals surface area contributed by atoms with Crippen LogP contribution in [0.1, 0.15) is 5.56 Å². The lowest BCUT2D eigenvalue weighted by Gasteiger charge is -2.02. The first-order valence-electron chi connectivity index (χ1n) is 6.68. The molecule has 0 unspecified atom stereocenters. The third kappa shape index (κ3) is 1.84. The topological polar surface area (TPSA) is 120 Å². The largest absolute Gasteiger partial charge is 0.319 e. The predicted molar refractivity (Wildman–Crippen MR) is 81.9 cm³/mol. The number of rotatable bonds is 1. The molecule has 2 N–H and O–H groups in total. The van der Waals surface area contributed by atoms with Gasteiger partial charge in [-0.15, -0.1) is 0 Å². The molecule has 23 heavy (non-hydrogen) atoms. The molecule has 0 spiro atoms. The molecule has 0 bridgehead atoms. The van der Waals surface area contributed by atoms with Gasteiger partial charge >= 0.3 is 0 Å². The van der Waals surface area contributed by atoms with Crippen LogP contribution in [0.5, 0.6) is 0 Å². The highest BCUT2D eigenvalue weighted by Gasteiger charge is 2.15. The second-order valence-corrected chi connectivity index (χ2v) is 4.87. The Morgan fingerprint density at radius 1 is 1.22 bits per heavy atom. The van der Waals surface area contributed by atoms with E-state index < -0.39 is 11.1 Å². The Labute approximate surface area is 127 Å². The van der Waals surface area contributed by atoms with E-state index in [1.54, 1.807) is 24.3 Å². The van der Waals surface area contributed by atoms with Crippen LogP contribution >= 0.6 is 0 Å². The molecule has 0 aliphatic carbocycles. The Morgan fingerprint density at radius 2 is 2.04 bits per heavy atom. The van der Waals surface area contributed by atoms with Gasteiger partial charge < -0.3 is 4.98 Å². The Bertz CT molecular complexity index is 1220. The Morgan fingerprint density at radius 3 is 2.87 bits per heavy atom. The van der Waals surface area contributed by atoms with Crippen molar-refractivity contribution in [2.45, 2.75) is 0 Å². The molecule has 8 heteroatoms. The zero-order valence-corrected chi connectivity index (χ0v) is 11.6. The van der Waals surface area contributed by atoms with Gasteiger partial charge in [0.2, 0.25) is 0 Å². The van der Waals surface area contributed by atoms with Crippen molar-refractivity contribution >= 4 is 16.7 Å². The SMILES string of the molecule is N#Cc1c[nH]n2c(=O)c(-c3nc4ccccc4[nH]c3=O)cnc12. The molecule has 8 nitrogen and oxygen atoms in total. The van der Waals surface area contributed by atoms with Crippen LogP contribution in [0.4, 0.5) is 0 Å². The standard InChI is InChI=1S/C15H8N6O2/c16-5-8-6-18-21-13(8)17-7-9(15(21)23)12-14(22)20-11-4-2-1-3-10(11)19-12/h1-4,6-7,18H,(H,20,22). The molecule has 3 heterocycles. The van der Waals surface area contributed by atoms with Crippen molar-refractivity contribution in [3.63, 3.8) is 0 Å². The number of nitrogens with zero attached hydrogens (tertiary/aromatic N) is 4. The lowest BCUT2D eigenvalue weighted by Crippen LogP contribution is -2.22. The zero-order valence-electron chi connectivity index (χ0n) is 11.6. The minimum atomic E-state index is -0.496. The summed E-state index contributed by atoms with van der Waals surface area (Å²) < 4.78 is 1.12. The minimum absolute atomic E-state index is 0.0105. The number of para-hydroxylation sites is 2. The summed E-state index contributed by atoms with van der Waals surface area (Å²) in [6.07, 6.45) is 2.64. The summed E-state index contributed by atoms with van der Waals surface area (Å²) in [7, 11) is 0. The monoisotopic (exact) mass is 304 g/mol. The highest BCUT2D eigenvalue weighted by Crippen LogP contribution is 2.13. The number of H-pyrrole nitrogens is 2. The molecule has 3 aromatic heterocycles. The van der Waals surface area contributed by atoms with Crippen LogP contribution < -0.4 is 11.1 Å². The van der Waals surface area contributed by atoms with Gasteiger partial charge in [0.05, 0.1) is 16.6 Å². The molecule has 0 aliphatic rings. The number of benzene rings is 1. The highest BCUT2D eigenvalue weighted by molar-refractivity contribution is 5.76. The molecular weight excluding hydrogens is 296 g/mol. The number of fused-ring (bicyclic) bond motifs is 2. The first kappa shape index (κ1) is 13.0. The van der Waals surface area contributed by atoms with Crippen molar-refractivity contribution in [2.24, 2.45) is 0 Å². The quantitative estimate of drug-likeness (QED) is 0.539. The Hall–Kier alpha value is -3.73. The van der Waals surface area contributed by atoms with Crippen molar-refractivity contribution in [3.8, 4) is 17.3 Å². The lowest BCUT2D eigenvalue weighted by atomic mass is 10.2. The zero-order chi connectivity index (χ0) is 16.0. The van der Waals surface area contributed by atoms with Crippen LogP contribution in [-0.2, 0) is 0 Å². The normalized spacial score (nSPS) is 10.9. The van der Waals surface area contributed by atoms with E-state index in [9.17, 15) is 9.59 Å². The Kier molecular flexibility index (Phi) is 2.62. The third-order valence-electron chi connectivity index (χ3n) is 3.52. The van der Waals surface area contributed by atoms with Crippen LogP contribution in [0.25, 0.3) is 27.9 Å². The van der Waals surface area contributed by atoms with E-state index in [2.05, 4.69) is 20.1 Å². The molecule has 1 aromatic carbocycles. The van der Waals surface area contributed by atoms with Crippen LogP contribution in [0.3, 0.4) is 0 Å². The number of nitriles is 1. The summed E-state index contributed by atoms with van der Waals surface area (Å²) in [5.41, 5.74) is 0.675. The molecular formula is C15H8N6O2. The van der Waals surface area contributed by atoms with E-state index in [0.717, 1.165) is 4.52 Å². The van der Waals surface area contributed by atoms with Crippen LogP contribution in [-0.4, -0.2) is 24.6 Å². The number of aromatic amines is 2. The molecule has 0 fully saturated rings. The molecule has 110 valence electrons. The maximum atomic E-state index is 12.5. The van der Waals surface area contributed by atoms with Gasteiger partial charge in [0, 0.05) is 12.4 Å². The van der Waals surface area contributed by atoms with Crippen LogP contribution in [0.15, 0.2) is 46.2 Å². The van der Waals surface area contributed by atoms with E-state index >= 15 is 0 Å². The summed E-state index contributed by atoms with van der Waals surface area (Å²) in [6.45, 7) is 0. The molecule has 0 amide bonds. The number of hydrogen-bond acceptors (Lipinski definition) is 5. The van der Waals surface area contributed by atoms with E-state index in [1.165, 1.54) is 12.4 Å². The fourth-order valence-electron chi connectivity index (χ4n) is 2.42. The fourth-order valence-corrected chi connectivity index (χ4v) is 2.42.